The summed E-state index contributed by atoms with van der Waals surface area (Å²) in [6, 6.07) is 12.0. The Balaban J connectivity index is 1.48. The van der Waals surface area contributed by atoms with Crippen LogP contribution in [-0.2, 0) is 4.79 Å². The van der Waals surface area contributed by atoms with E-state index in [-0.39, 0.29) is 17.7 Å². The largest absolute Gasteiger partial charge is 0.353 e. The van der Waals surface area contributed by atoms with Gasteiger partial charge in [-0.05, 0) is 50.3 Å². The number of likely N-dealkylation sites (tertiary alicyclic amines) is 1. The third kappa shape index (κ3) is 3.87. The van der Waals surface area contributed by atoms with E-state index in [0.717, 1.165) is 42.5 Å². The minimum atomic E-state index is 0.00223. The first kappa shape index (κ1) is 17.7. The second-order valence-electron chi connectivity index (χ2n) is 7.56. The first-order valence-electron chi connectivity index (χ1n) is 9.74. The number of carbonyl (C=O) groups excluding carboxylic acids is 2. The zero-order valence-corrected chi connectivity index (χ0v) is 15.6. The molecule has 0 spiro atoms. The molecule has 2 aliphatic rings. The summed E-state index contributed by atoms with van der Waals surface area (Å²) in [4.78, 5) is 31.8. The molecule has 2 fully saturated rings. The van der Waals surface area contributed by atoms with E-state index in [1.807, 2.05) is 48.2 Å². The van der Waals surface area contributed by atoms with Crippen molar-refractivity contribution in [3.8, 4) is 11.3 Å². The number of aromatic nitrogens is 1. The maximum absolute atomic E-state index is 13.2. The van der Waals surface area contributed by atoms with Crippen molar-refractivity contribution in [2.45, 2.75) is 38.6 Å². The van der Waals surface area contributed by atoms with Crippen LogP contribution in [0, 0.1) is 12.8 Å². The van der Waals surface area contributed by atoms with Crippen molar-refractivity contribution in [1.29, 1.82) is 0 Å². The van der Waals surface area contributed by atoms with E-state index >= 15 is 0 Å². The number of nitrogens with one attached hydrogen (secondary N) is 1. The average Bonchev–Trinajstić information content (AvgIpc) is 3.52. The molecule has 1 saturated heterocycles. The Kier molecular flexibility index (Phi) is 4.92. The minimum absolute atomic E-state index is 0.00223. The molecule has 2 amide bonds. The second kappa shape index (κ2) is 7.51. The molecule has 2 heterocycles. The number of piperidine rings is 1. The molecule has 2 aromatic rings. The quantitative estimate of drug-likeness (QED) is 0.907. The summed E-state index contributed by atoms with van der Waals surface area (Å²) in [6.07, 6.45) is 5.39. The molecular weight excluding hydrogens is 338 g/mol. The van der Waals surface area contributed by atoms with Gasteiger partial charge in [0.2, 0.25) is 5.91 Å². The lowest BCUT2D eigenvalue weighted by Gasteiger charge is -2.31. The second-order valence-corrected chi connectivity index (χ2v) is 7.56. The molecule has 5 nitrogen and oxygen atoms in total. The molecule has 1 aromatic carbocycles. The highest BCUT2D eigenvalue weighted by Crippen LogP contribution is 2.27. The van der Waals surface area contributed by atoms with Gasteiger partial charge in [0.1, 0.15) is 0 Å². The molecule has 1 aliphatic carbocycles. The van der Waals surface area contributed by atoms with E-state index in [9.17, 15) is 9.59 Å². The molecule has 140 valence electrons. The number of benzene rings is 1. The van der Waals surface area contributed by atoms with E-state index in [1.54, 1.807) is 6.20 Å². The highest BCUT2D eigenvalue weighted by molar-refractivity contribution is 6.00. The number of rotatable bonds is 4. The molecule has 1 aromatic heterocycles. The molecular formula is C22H25N3O2. The third-order valence-corrected chi connectivity index (χ3v) is 5.52. The highest BCUT2D eigenvalue weighted by Gasteiger charge is 2.32. The smallest absolute Gasteiger partial charge is 0.256 e. The topological polar surface area (TPSA) is 62.3 Å². The Morgan fingerprint density at radius 3 is 2.48 bits per heavy atom. The van der Waals surface area contributed by atoms with Gasteiger partial charge in [0.25, 0.3) is 5.91 Å². The molecule has 1 aliphatic heterocycles. The van der Waals surface area contributed by atoms with Crippen LogP contribution >= 0.6 is 0 Å². The van der Waals surface area contributed by atoms with Crippen LogP contribution in [0.3, 0.4) is 0 Å². The van der Waals surface area contributed by atoms with Crippen LogP contribution in [0.1, 0.15) is 41.6 Å². The van der Waals surface area contributed by atoms with Crippen molar-refractivity contribution in [2.24, 2.45) is 5.92 Å². The van der Waals surface area contributed by atoms with E-state index in [1.165, 1.54) is 0 Å². The first-order chi connectivity index (χ1) is 13.1. The number of amides is 2. The average molecular weight is 363 g/mol. The van der Waals surface area contributed by atoms with Crippen molar-refractivity contribution in [3.63, 3.8) is 0 Å². The van der Waals surface area contributed by atoms with Crippen molar-refractivity contribution in [1.82, 2.24) is 15.2 Å². The Morgan fingerprint density at radius 1 is 1.04 bits per heavy atom. The number of nitrogens with zero attached hydrogens (tertiary/aromatic N) is 2. The van der Waals surface area contributed by atoms with Gasteiger partial charge in [0.15, 0.2) is 0 Å². The maximum Gasteiger partial charge on any atom is 0.256 e. The highest BCUT2D eigenvalue weighted by atomic mass is 16.2. The summed E-state index contributed by atoms with van der Waals surface area (Å²) in [7, 11) is 0. The molecule has 0 atom stereocenters. The lowest BCUT2D eigenvalue weighted by Crippen LogP contribution is -2.43. The summed E-state index contributed by atoms with van der Waals surface area (Å²) in [5, 5.41) is 3.08. The van der Waals surface area contributed by atoms with Crippen LogP contribution in [0.2, 0.25) is 0 Å². The van der Waals surface area contributed by atoms with Gasteiger partial charge < -0.3 is 10.2 Å². The Hall–Kier alpha value is -2.69. The molecule has 5 heteroatoms. The van der Waals surface area contributed by atoms with Gasteiger partial charge in [-0.2, -0.15) is 0 Å². The summed E-state index contributed by atoms with van der Waals surface area (Å²) in [6.45, 7) is 3.26. The van der Waals surface area contributed by atoms with Crippen LogP contribution in [-0.4, -0.2) is 40.8 Å². The molecule has 1 saturated carbocycles. The van der Waals surface area contributed by atoms with Crippen LogP contribution in [0.5, 0.6) is 0 Å². The molecule has 4 rings (SSSR count). The van der Waals surface area contributed by atoms with E-state index in [4.69, 9.17) is 0 Å². The van der Waals surface area contributed by atoms with Gasteiger partial charge in [0.05, 0.1) is 11.3 Å². The van der Waals surface area contributed by atoms with Crippen LogP contribution in [0.15, 0.2) is 42.6 Å². The van der Waals surface area contributed by atoms with Gasteiger partial charge >= 0.3 is 0 Å². The predicted molar refractivity (Wildman–Crippen MR) is 104 cm³/mol. The third-order valence-electron chi connectivity index (χ3n) is 5.52. The monoisotopic (exact) mass is 363 g/mol. The maximum atomic E-state index is 13.2. The Morgan fingerprint density at radius 2 is 1.78 bits per heavy atom. The van der Waals surface area contributed by atoms with Crippen LogP contribution in [0.25, 0.3) is 11.3 Å². The van der Waals surface area contributed by atoms with Crippen molar-refractivity contribution in [2.75, 3.05) is 13.1 Å². The van der Waals surface area contributed by atoms with Crippen molar-refractivity contribution >= 4 is 11.8 Å². The standard InChI is InChI=1S/C22H25N3O2/c1-15-5-2-3-6-18(15)20-19(7-4-12-23-20)22(27)25-13-10-16(11-14-25)21(26)24-17-8-9-17/h2-7,12,16-17H,8-11,13-14H2,1H3,(H,24,26). The number of hydrogen-bond acceptors (Lipinski definition) is 3. The lowest BCUT2D eigenvalue weighted by atomic mass is 9.94. The fourth-order valence-electron chi connectivity index (χ4n) is 3.69. The van der Waals surface area contributed by atoms with Gasteiger partial charge in [0, 0.05) is 36.8 Å². The molecule has 0 radical (unpaired) electrons. The Bertz CT molecular complexity index is 852. The molecule has 0 unspecified atom stereocenters. The van der Waals surface area contributed by atoms with E-state index < -0.39 is 0 Å². The summed E-state index contributed by atoms with van der Waals surface area (Å²) in [5.41, 5.74) is 3.45. The summed E-state index contributed by atoms with van der Waals surface area (Å²) >= 11 is 0. The normalized spacial score (nSPS) is 17.6. The fourth-order valence-corrected chi connectivity index (χ4v) is 3.69. The minimum Gasteiger partial charge on any atom is -0.353 e. The van der Waals surface area contributed by atoms with Crippen molar-refractivity contribution in [3.05, 3.63) is 53.7 Å². The lowest BCUT2D eigenvalue weighted by molar-refractivity contribution is -0.126. The van der Waals surface area contributed by atoms with E-state index in [2.05, 4.69) is 10.3 Å². The number of hydrogen-bond donors (Lipinski definition) is 1. The summed E-state index contributed by atoms with van der Waals surface area (Å²) in [5.74, 6) is 0.188. The molecule has 0 bridgehead atoms. The zero-order valence-electron chi connectivity index (χ0n) is 15.6. The fraction of sp³-hybridized carbons (Fsp3) is 0.409. The van der Waals surface area contributed by atoms with E-state index in [0.29, 0.717) is 24.7 Å². The van der Waals surface area contributed by atoms with Crippen molar-refractivity contribution < 1.29 is 9.59 Å². The SMILES string of the molecule is Cc1ccccc1-c1ncccc1C(=O)N1CCC(C(=O)NC2CC2)CC1. The Labute approximate surface area is 159 Å². The zero-order chi connectivity index (χ0) is 18.8. The van der Waals surface area contributed by atoms with Gasteiger partial charge in [-0.1, -0.05) is 24.3 Å². The molecule has 27 heavy (non-hydrogen) atoms. The van der Waals surface area contributed by atoms with Crippen LogP contribution in [0.4, 0.5) is 0 Å². The van der Waals surface area contributed by atoms with Gasteiger partial charge in [-0.15, -0.1) is 0 Å². The predicted octanol–water partition coefficient (Wildman–Crippen LogP) is 3.19. The van der Waals surface area contributed by atoms with Gasteiger partial charge in [-0.25, -0.2) is 0 Å². The summed E-state index contributed by atoms with van der Waals surface area (Å²) < 4.78 is 0. The number of pyridine rings is 1. The first-order valence-corrected chi connectivity index (χ1v) is 9.74. The number of carbonyl (C=O) groups is 2. The number of aryl methyl sites for hydroxylation is 1. The van der Waals surface area contributed by atoms with Gasteiger partial charge in [-0.3, -0.25) is 14.6 Å². The van der Waals surface area contributed by atoms with Crippen LogP contribution < -0.4 is 5.32 Å². The molecule has 1 N–H and O–H groups in total.